The van der Waals surface area contributed by atoms with E-state index in [9.17, 15) is 21.6 Å². The molecule has 0 aliphatic carbocycles. The topological polar surface area (TPSA) is 57.6 Å². The maximum atomic E-state index is 13.4. The van der Waals surface area contributed by atoms with Crippen LogP contribution in [0.1, 0.15) is 6.42 Å². The molecule has 1 fully saturated rings. The van der Waals surface area contributed by atoms with Crippen LogP contribution in [0, 0.1) is 5.82 Å². The van der Waals surface area contributed by atoms with Gasteiger partial charge in [0.25, 0.3) is 5.92 Å². The summed E-state index contributed by atoms with van der Waals surface area (Å²) < 4.78 is 65.1. The van der Waals surface area contributed by atoms with Crippen molar-refractivity contribution in [1.82, 2.24) is 4.31 Å². The normalized spacial score (nSPS) is 23.1. The van der Waals surface area contributed by atoms with Crippen LogP contribution in [0.25, 0.3) is 0 Å². The highest BCUT2D eigenvalue weighted by Crippen LogP contribution is 2.36. The standard InChI is InChI=1S/C11H11BrF3NO3S/c12-9-2-1-8(3-10(9)13)20(18,19)16-6-11(14,15)4-7(16)5-17/h1-3,7,17H,4-6H2. The first-order chi connectivity index (χ1) is 9.17. The van der Waals surface area contributed by atoms with Gasteiger partial charge in [0.2, 0.25) is 10.0 Å². The van der Waals surface area contributed by atoms with Gasteiger partial charge in [-0.05, 0) is 34.1 Å². The largest absolute Gasteiger partial charge is 0.395 e. The number of rotatable bonds is 3. The minimum absolute atomic E-state index is 0.0712. The van der Waals surface area contributed by atoms with Crippen LogP contribution in [0.15, 0.2) is 27.6 Å². The zero-order chi connectivity index (χ0) is 15.1. The molecule has 1 unspecified atom stereocenters. The first-order valence-electron chi connectivity index (χ1n) is 5.63. The fraction of sp³-hybridized carbons (Fsp3) is 0.455. The molecule has 2 rings (SSSR count). The van der Waals surface area contributed by atoms with E-state index in [-0.39, 0.29) is 4.47 Å². The number of alkyl halides is 2. The van der Waals surface area contributed by atoms with Crippen molar-refractivity contribution in [1.29, 1.82) is 0 Å². The minimum Gasteiger partial charge on any atom is -0.395 e. The average Bonchev–Trinajstić information content (AvgIpc) is 2.68. The van der Waals surface area contributed by atoms with Gasteiger partial charge in [-0.25, -0.2) is 21.6 Å². The van der Waals surface area contributed by atoms with Crippen molar-refractivity contribution in [2.24, 2.45) is 0 Å². The third-order valence-electron chi connectivity index (χ3n) is 3.04. The summed E-state index contributed by atoms with van der Waals surface area (Å²) in [4.78, 5) is -0.422. The summed E-state index contributed by atoms with van der Waals surface area (Å²) in [6.07, 6.45) is -0.748. The summed E-state index contributed by atoms with van der Waals surface area (Å²) >= 11 is 2.88. The second kappa shape index (κ2) is 5.28. The maximum Gasteiger partial charge on any atom is 0.263 e. The van der Waals surface area contributed by atoms with E-state index in [1.165, 1.54) is 6.07 Å². The van der Waals surface area contributed by atoms with E-state index in [2.05, 4.69) is 15.9 Å². The molecule has 20 heavy (non-hydrogen) atoms. The van der Waals surface area contributed by atoms with Gasteiger partial charge in [-0.2, -0.15) is 4.31 Å². The van der Waals surface area contributed by atoms with Crippen molar-refractivity contribution >= 4 is 26.0 Å². The van der Waals surface area contributed by atoms with Gasteiger partial charge < -0.3 is 5.11 Å². The Kier molecular flexibility index (Phi) is 4.16. The molecule has 1 aliphatic rings. The second-order valence-electron chi connectivity index (χ2n) is 4.52. The summed E-state index contributed by atoms with van der Waals surface area (Å²) in [5.74, 6) is -4.01. The quantitative estimate of drug-likeness (QED) is 0.881. The van der Waals surface area contributed by atoms with Gasteiger partial charge in [0.1, 0.15) is 5.82 Å². The third-order valence-corrected chi connectivity index (χ3v) is 5.57. The molecule has 1 saturated heterocycles. The Morgan fingerprint density at radius 2 is 2.10 bits per heavy atom. The van der Waals surface area contributed by atoms with Crippen LogP contribution in [-0.4, -0.2) is 42.9 Å². The zero-order valence-electron chi connectivity index (χ0n) is 10.1. The SMILES string of the molecule is O=S(=O)(c1ccc(Br)c(F)c1)N1CC(F)(F)CC1CO. The summed E-state index contributed by atoms with van der Waals surface area (Å²) in [5, 5.41) is 9.06. The lowest BCUT2D eigenvalue weighted by atomic mass is 10.2. The molecule has 1 aromatic rings. The molecule has 0 amide bonds. The van der Waals surface area contributed by atoms with Gasteiger partial charge in [0, 0.05) is 6.42 Å². The van der Waals surface area contributed by atoms with E-state index in [0.717, 1.165) is 12.1 Å². The fourth-order valence-electron chi connectivity index (χ4n) is 2.08. The first-order valence-corrected chi connectivity index (χ1v) is 7.86. The Hall–Kier alpha value is -0.640. The first kappa shape index (κ1) is 15.7. The van der Waals surface area contributed by atoms with E-state index in [1.807, 2.05) is 0 Å². The Morgan fingerprint density at radius 3 is 2.65 bits per heavy atom. The van der Waals surface area contributed by atoms with Crippen LogP contribution in [-0.2, 0) is 10.0 Å². The highest BCUT2D eigenvalue weighted by Gasteiger charge is 2.49. The van der Waals surface area contributed by atoms with Crippen molar-refractivity contribution in [3.8, 4) is 0 Å². The summed E-state index contributed by atoms with van der Waals surface area (Å²) in [6.45, 7) is -1.73. The Balaban J connectivity index is 2.41. The van der Waals surface area contributed by atoms with Crippen molar-refractivity contribution < 1.29 is 26.7 Å². The number of aliphatic hydroxyl groups is 1. The molecule has 0 saturated carbocycles. The molecule has 0 bridgehead atoms. The average molecular weight is 374 g/mol. The van der Waals surface area contributed by atoms with Gasteiger partial charge in [-0.15, -0.1) is 0 Å². The molecule has 1 heterocycles. The summed E-state index contributed by atoms with van der Waals surface area (Å²) in [6, 6.07) is 1.85. The molecule has 1 atom stereocenters. The zero-order valence-corrected chi connectivity index (χ0v) is 12.5. The van der Waals surface area contributed by atoms with Crippen LogP contribution in [0.5, 0.6) is 0 Å². The summed E-state index contributed by atoms with van der Waals surface area (Å²) in [5.41, 5.74) is 0. The number of nitrogens with zero attached hydrogens (tertiary/aromatic N) is 1. The van der Waals surface area contributed by atoms with Crippen molar-refractivity contribution in [3.05, 3.63) is 28.5 Å². The van der Waals surface area contributed by atoms with E-state index in [4.69, 9.17) is 5.11 Å². The van der Waals surface area contributed by atoms with Gasteiger partial charge in [0.15, 0.2) is 0 Å². The Bertz CT molecular complexity index is 623. The molecule has 0 spiro atoms. The molecule has 9 heteroatoms. The van der Waals surface area contributed by atoms with Gasteiger partial charge in [-0.1, -0.05) is 0 Å². The third kappa shape index (κ3) is 2.85. The molecular weight excluding hydrogens is 363 g/mol. The van der Waals surface area contributed by atoms with Crippen LogP contribution >= 0.6 is 15.9 Å². The van der Waals surface area contributed by atoms with E-state index in [1.54, 1.807) is 0 Å². The van der Waals surface area contributed by atoms with Crippen molar-refractivity contribution in [2.75, 3.05) is 13.2 Å². The smallest absolute Gasteiger partial charge is 0.263 e. The molecule has 1 N–H and O–H groups in total. The molecule has 4 nitrogen and oxygen atoms in total. The highest BCUT2D eigenvalue weighted by molar-refractivity contribution is 9.10. The monoisotopic (exact) mass is 373 g/mol. The predicted octanol–water partition coefficient (Wildman–Crippen LogP) is 1.98. The lowest BCUT2D eigenvalue weighted by Crippen LogP contribution is -2.38. The van der Waals surface area contributed by atoms with Crippen molar-refractivity contribution in [3.63, 3.8) is 0 Å². The van der Waals surface area contributed by atoms with Gasteiger partial charge in [-0.3, -0.25) is 0 Å². The molecule has 112 valence electrons. The van der Waals surface area contributed by atoms with E-state index in [0.29, 0.717) is 4.31 Å². The molecule has 1 aliphatic heterocycles. The van der Waals surface area contributed by atoms with Crippen LogP contribution in [0.4, 0.5) is 13.2 Å². The van der Waals surface area contributed by atoms with Crippen molar-refractivity contribution in [2.45, 2.75) is 23.3 Å². The number of hydrogen-bond donors (Lipinski definition) is 1. The van der Waals surface area contributed by atoms with Crippen LogP contribution in [0.3, 0.4) is 0 Å². The van der Waals surface area contributed by atoms with E-state index < -0.39 is 52.3 Å². The van der Waals surface area contributed by atoms with Gasteiger partial charge in [0.05, 0.1) is 28.6 Å². The van der Waals surface area contributed by atoms with Gasteiger partial charge >= 0.3 is 0 Å². The van der Waals surface area contributed by atoms with Crippen LogP contribution in [0.2, 0.25) is 0 Å². The lowest BCUT2D eigenvalue weighted by molar-refractivity contribution is 0.0161. The number of halogens is 4. The predicted molar refractivity (Wildman–Crippen MR) is 68.4 cm³/mol. The molecule has 0 aromatic heterocycles. The molecule has 0 radical (unpaired) electrons. The van der Waals surface area contributed by atoms with Crippen LogP contribution < -0.4 is 0 Å². The van der Waals surface area contributed by atoms with E-state index >= 15 is 0 Å². The number of aliphatic hydroxyl groups excluding tert-OH is 1. The number of benzene rings is 1. The minimum atomic E-state index is -4.28. The molecular formula is C11H11BrF3NO3S. The second-order valence-corrected chi connectivity index (χ2v) is 7.27. The Labute approximate surface area is 122 Å². The Morgan fingerprint density at radius 1 is 1.45 bits per heavy atom. The fourth-order valence-corrected chi connectivity index (χ4v) is 3.98. The number of hydrogen-bond acceptors (Lipinski definition) is 3. The summed E-state index contributed by atoms with van der Waals surface area (Å²) in [7, 11) is -4.28. The molecule has 1 aromatic carbocycles. The lowest BCUT2D eigenvalue weighted by Gasteiger charge is -2.21. The maximum absolute atomic E-state index is 13.4. The number of sulfonamides is 1. The highest BCUT2D eigenvalue weighted by atomic mass is 79.9.